The Hall–Kier alpha value is -6.46. The average molecular weight is 659 g/mol. The lowest BCUT2D eigenvalue weighted by molar-refractivity contribution is 0.568. The van der Waals surface area contributed by atoms with Crippen molar-refractivity contribution in [2.24, 2.45) is 15.9 Å². The molecule has 2 aromatic heterocycles. The predicted molar refractivity (Wildman–Crippen MR) is 210 cm³/mol. The molecule has 3 atom stereocenters. The van der Waals surface area contributed by atoms with Crippen LogP contribution in [0.1, 0.15) is 41.5 Å². The van der Waals surface area contributed by atoms with Crippen molar-refractivity contribution >= 4 is 50.5 Å². The van der Waals surface area contributed by atoms with Crippen molar-refractivity contribution in [1.29, 1.82) is 0 Å². The Morgan fingerprint density at radius 3 is 1.92 bits per heavy atom. The van der Waals surface area contributed by atoms with Gasteiger partial charge in [-0.3, -0.25) is 0 Å². The first-order valence-corrected chi connectivity index (χ1v) is 17.6. The third-order valence-electron chi connectivity index (χ3n) is 10.4. The fourth-order valence-electron chi connectivity index (χ4n) is 7.94. The molecule has 0 amide bonds. The molecule has 3 heterocycles. The van der Waals surface area contributed by atoms with Gasteiger partial charge in [0.15, 0.2) is 11.7 Å². The summed E-state index contributed by atoms with van der Waals surface area (Å²) in [5.74, 6) is 2.68. The SMILES string of the molecule is CC1C=Cc2oc3c(-n4c5ccccc5c5ccccc54)cccc3c2C1C1=NC(c2ccccc2)N=C(c2ccc(-c3ccccc3)cc2)N1. The van der Waals surface area contributed by atoms with Crippen molar-refractivity contribution in [3.63, 3.8) is 0 Å². The molecule has 1 N–H and O–H groups in total. The van der Waals surface area contributed by atoms with Gasteiger partial charge in [0, 0.05) is 27.3 Å². The zero-order valence-corrected chi connectivity index (χ0v) is 28.1. The lowest BCUT2D eigenvalue weighted by atomic mass is 9.80. The van der Waals surface area contributed by atoms with E-state index in [9.17, 15) is 0 Å². The van der Waals surface area contributed by atoms with Gasteiger partial charge in [0.1, 0.15) is 17.4 Å². The van der Waals surface area contributed by atoms with Crippen molar-refractivity contribution < 1.29 is 4.42 Å². The highest BCUT2D eigenvalue weighted by atomic mass is 16.3. The molecule has 0 spiro atoms. The third kappa shape index (κ3) is 4.84. The van der Waals surface area contributed by atoms with Crippen molar-refractivity contribution in [2.75, 3.05) is 0 Å². The number of fused-ring (bicyclic) bond motifs is 6. The zero-order chi connectivity index (χ0) is 33.9. The standard InChI is InChI=1S/C46H34N4O/c1-29-23-28-40-42(36-19-12-22-39(43(36)51-40)50-37-20-10-8-17-34(37)35-18-9-11-21-38(35)50)41(29)46-48-44(32-15-6-3-7-16-32)47-45(49-46)33-26-24-31(25-27-33)30-13-4-2-5-14-30/h2-29,41,44H,1H3,(H,47,48,49). The van der Waals surface area contributed by atoms with Crippen LogP contribution in [0.25, 0.3) is 55.7 Å². The smallest absolute Gasteiger partial charge is 0.169 e. The first-order chi connectivity index (χ1) is 25.2. The van der Waals surface area contributed by atoms with Gasteiger partial charge in [-0.15, -0.1) is 0 Å². The van der Waals surface area contributed by atoms with E-state index >= 15 is 0 Å². The van der Waals surface area contributed by atoms with E-state index in [1.807, 2.05) is 12.1 Å². The van der Waals surface area contributed by atoms with E-state index in [1.165, 1.54) is 21.9 Å². The number of benzene rings is 6. The van der Waals surface area contributed by atoms with E-state index in [1.54, 1.807) is 0 Å². The molecule has 10 rings (SSSR count). The van der Waals surface area contributed by atoms with Crippen molar-refractivity contribution in [3.05, 3.63) is 180 Å². The number of hydrogen-bond acceptors (Lipinski definition) is 4. The summed E-state index contributed by atoms with van der Waals surface area (Å²) in [5.41, 5.74) is 9.81. The lowest BCUT2D eigenvalue weighted by Crippen LogP contribution is -2.41. The maximum absolute atomic E-state index is 6.87. The number of furan rings is 1. The van der Waals surface area contributed by atoms with Gasteiger partial charge in [-0.1, -0.05) is 146 Å². The molecule has 5 nitrogen and oxygen atoms in total. The second kappa shape index (κ2) is 11.9. The van der Waals surface area contributed by atoms with Crippen LogP contribution in [0.4, 0.5) is 0 Å². The molecule has 0 saturated carbocycles. The molecule has 0 radical (unpaired) electrons. The van der Waals surface area contributed by atoms with Crippen molar-refractivity contribution in [3.8, 4) is 16.8 Å². The molecular weight excluding hydrogens is 625 g/mol. The molecule has 5 heteroatoms. The number of rotatable bonds is 5. The normalized spacial score (nSPS) is 18.4. The van der Waals surface area contributed by atoms with Gasteiger partial charge >= 0.3 is 0 Å². The molecule has 0 saturated heterocycles. The summed E-state index contributed by atoms with van der Waals surface area (Å²) < 4.78 is 9.21. The Balaban J connectivity index is 1.11. The molecule has 244 valence electrons. The number of aliphatic imine (C=N–C) groups is 2. The van der Waals surface area contributed by atoms with Crippen LogP contribution in [0.2, 0.25) is 0 Å². The summed E-state index contributed by atoms with van der Waals surface area (Å²) in [6.45, 7) is 2.27. The fraction of sp³-hybridized carbons (Fsp3) is 0.0870. The zero-order valence-electron chi connectivity index (χ0n) is 28.1. The lowest BCUT2D eigenvalue weighted by Gasteiger charge is -2.31. The molecule has 6 aromatic carbocycles. The van der Waals surface area contributed by atoms with Gasteiger partial charge < -0.3 is 14.3 Å². The minimum Gasteiger partial charge on any atom is -0.454 e. The maximum Gasteiger partial charge on any atom is 0.169 e. The van der Waals surface area contributed by atoms with Crippen LogP contribution in [-0.2, 0) is 0 Å². The summed E-state index contributed by atoms with van der Waals surface area (Å²) in [6.07, 6.45) is 4.01. The average Bonchev–Trinajstić information content (AvgIpc) is 3.74. The number of aromatic nitrogens is 1. The van der Waals surface area contributed by atoms with Crippen LogP contribution in [0, 0.1) is 5.92 Å². The van der Waals surface area contributed by atoms with Gasteiger partial charge in [0.2, 0.25) is 0 Å². The summed E-state index contributed by atoms with van der Waals surface area (Å²) in [6, 6.07) is 53.2. The van der Waals surface area contributed by atoms with Gasteiger partial charge in [-0.25, -0.2) is 9.98 Å². The van der Waals surface area contributed by atoms with Crippen LogP contribution < -0.4 is 5.32 Å². The molecule has 8 aromatic rings. The Labute approximate surface area is 295 Å². The molecular formula is C46H34N4O. The van der Waals surface area contributed by atoms with E-state index < -0.39 is 0 Å². The molecule has 3 unspecified atom stereocenters. The number of hydrogen-bond donors (Lipinski definition) is 1. The van der Waals surface area contributed by atoms with Gasteiger partial charge in [-0.2, -0.15) is 0 Å². The number of allylic oxidation sites excluding steroid dienone is 1. The highest BCUT2D eigenvalue weighted by molar-refractivity contribution is 6.14. The van der Waals surface area contributed by atoms with E-state index in [2.05, 4.69) is 168 Å². The molecule has 0 bridgehead atoms. The van der Waals surface area contributed by atoms with Crippen LogP contribution >= 0.6 is 0 Å². The largest absolute Gasteiger partial charge is 0.454 e. The Kier molecular flexibility index (Phi) is 6.84. The number of para-hydroxylation sites is 3. The van der Waals surface area contributed by atoms with Crippen LogP contribution in [0.5, 0.6) is 0 Å². The minimum absolute atomic E-state index is 0.0695. The predicted octanol–water partition coefficient (Wildman–Crippen LogP) is 11.1. The molecule has 0 fully saturated rings. The third-order valence-corrected chi connectivity index (χ3v) is 10.4. The first-order valence-electron chi connectivity index (χ1n) is 17.6. The number of nitrogens with one attached hydrogen (secondary N) is 1. The van der Waals surface area contributed by atoms with E-state index in [-0.39, 0.29) is 18.0 Å². The summed E-state index contributed by atoms with van der Waals surface area (Å²) >= 11 is 0. The second-order valence-electron chi connectivity index (χ2n) is 13.4. The van der Waals surface area contributed by atoms with Crippen LogP contribution in [0.15, 0.2) is 172 Å². The summed E-state index contributed by atoms with van der Waals surface area (Å²) in [7, 11) is 0. The molecule has 2 aliphatic rings. The van der Waals surface area contributed by atoms with E-state index in [4.69, 9.17) is 14.4 Å². The Bertz CT molecular complexity index is 2630. The van der Waals surface area contributed by atoms with Gasteiger partial charge in [0.05, 0.1) is 22.6 Å². The fourth-order valence-corrected chi connectivity index (χ4v) is 7.94. The monoisotopic (exact) mass is 658 g/mol. The van der Waals surface area contributed by atoms with Crippen molar-refractivity contribution in [1.82, 2.24) is 9.88 Å². The second-order valence-corrected chi connectivity index (χ2v) is 13.4. The first kappa shape index (κ1) is 29.5. The van der Waals surface area contributed by atoms with Crippen molar-refractivity contribution in [2.45, 2.75) is 19.0 Å². The highest BCUT2D eigenvalue weighted by Gasteiger charge is 2.36. The van der Waals surface area contributed by atoms with E-state index in [0.717, 1.165) is 61.8 Å². The molecule has 1 aliphatic carbocycles. The van der Waals surface area contributed by atoms with Crippen LogP contribution in [0.3, 0.4) is 0 Å². The number of nitrogens with zero attached hydrogens (tertiary/aromatic N) is 3. The van der Waals surface area contributed by atoms with Gasteiger partial charge in [-0.05, 0) is 46.9 Å². The Morgan fingerprint density at radius 2 is 1.20 bits per heavy atom. The molecule has 1 aliphatic heterocycles. The number of amidine groups is 2. The van der Waals surface area contributed by atoms with Crippen LogP contribution in [-0.4, -0.2) is 16.2 Å². The quantitative estimate of drug-likeness (QED) is 0.200. The summed E-state index contributed by atoms with van der Waals surface area (Å²) in [5, 5.41) is 7.29. The van der Waals surface area contributed by atoms with E-state index in [0.29, 0.717) is 0 Å². The topological polar surface area (TPSA) is 54.8 Å². The highest BCUT2D eigenvalue weighted by Crippen LogP contribution is 2.45. The summed E-state index contributed by atoms with van der Waals surface area (Å²) in [4.78, 5) is 10.5. The van der Waals surface area contributed by atoms with Gasteiger partial charge in [0.25, 0.3) is 0 Å². The molecule has 51 heavy (non-hydrogen) atoms. The maximum atomic E-state index is 6.87. The Morgan fingerprint density at radius 1 is 0.588 bits per heavy atom. The minimum atomic E-state index is -0.376.